The summed E-state index contributed by atoms with van der Waals surface area (Å²) in [5.41, 5.74) is 21.9. The molecule has 2 aromatic carbocycles. The molecule has 0 unspecified atom stereocenters. The van der Waals surface area contributed by atoms with Crippen molar-refractivity contribution < 1.29 is 28.0 Å². The summed E-state index contributed by atoms with van der Waals surface area (Å²) in [4.78, 5) is 25.5. The number of hydrogen-bond donors (Lipinski definition) is 3. The fourth-order valence-electron chi connectivity index (χ4n) is 10.8. The maximum Gasteiger partial charge on any atom is 0.158 e. The number of anilines is 1. The summed E-state index contributed by atoms with van der Waals surface area (Å²) in [7, 11) is 6.58. The number of aryl methyl sites for hydroxylation is 6. The molecule has 19 nitrogen and oxygen atoms in total. The van der Waals surface area contributed by atoms with Gasteiger partial charge in [0, 0.05) is 82.3 Å². The Bertz CT molecular complexity index is 3720. The normalized spacial score (nSPS) is 13.1. The van der Waals surface area contributed by atoms with Gasteiger partial charge in [-0.05, 0) is 124 Å². The van der Waals surface area contributed by atoms with Gasteiger partial charge in [0.25, 0.3) is 0 Å². The minimum absolute atomic E-state index is 0.275. The second-order valence-corrected chi connectivity index (χ2v) is 20.2. The highest BCUT2D eigenvalue weighted by molar-refractivity contribution is 6.36. The molecule has 0 radical (unpaired) electrons. The number of H-pyrrole nitrogens is 2. The van der Waals surface area contributed by atoms with Crippen molar-refractivity contribution in [2.75, 3.05) is 34.2 Å². The van der Waals surface area contributed by atoms with Crippen LogP contribution in [-0.4, -0.2) is 88.2 Å². The Morgan fingerprint density at radius 3 is 1.63 bits per heavy atom. The van der Waals surface area contributed by atoms with Crippen LogP contribution < -0.4 is 15.2 Å². The van der Waals surface area contributed by atoms with E-state index in [-0.39, 0.29) is 6.04 Å². The van der Waals surface area contributed by atoms with Crippen molar-refractivity contribution in [3.63, 3.8) is 0 Å². The fourth-order valence-corrected chi connectivity index (χ4v) is 11.1. The lowest BCUT2D eigenvalue weighted by Gasteiger charge is -2.14. The number of nitrogen functional groups attached to an aromatic ring is 1. The van der Waals surface area contributed by atoms with E-state index in [9.17, 15) is 0 Å². The summed E-state index contributed by atoms with van der Waals surface area (Å²) in [6.45, 7) is 16.9. The highest BCUT2D eigenvalue weighted by atomic mass is 35.5. The molecule has 8 aromatic heterocycles. The van der Waals surface area contributed by atoms with Crippen LogP contribution in [0, 0.1) is 27.7 Å². The number of ether oxygens (including phenoxy) is 4. The Kier molecular flexibility index (Phi) is 14.2. The van der Waals surface area contributed by atoms with Crippen LogP contribution in [0.5, 0.6) is 11.5 Å². The molecule has 20 heteroatoms. The predicted molar refractivity (Wildman–Crippen MR) is 289 cm³/mol. The van der Waals surface area contributed by atoms with Crippen molar-refractivity contribution in [2.24, 2.45) is 0 Å². The molecule has 2 aliphatic carbocycles. The van der Waals surface area contributed by atoms with Crippen LogP contribution in [0.3, 0.4) is 0 Å². The lowest BCUT2D eigenvalue weighted by atomic mass is 10.00. The van der Waals surface area contributed by atoms with E-state index >= 15 is 0 Å². The minimum atomic E-state index is 0.275. The van der Waals surface area contributed by atoms with Gasteiger partial charge in [-0.2, -0.15) is 10.2 Å². The molecule has 392 valence electrons. The Hall–Kier alpha value is -7.35. The fraction of sp³-hybridized carbons (Fsp3) is 0.418. The van der Waals surface area contributed by atoms with E-state index in [1.54, 1.807) is 28.4 Å². The van der Waals surface area contributed by atoms with E-state index in [0.29, 0.717) is 53.9 Å². The van der Waals surface area contributed by atoms with E-state index in [4.69, 9.17) is 60.4 Å². The van der Waals surface area contributed by atoms with Gasteiger partial charge in [0.2, 0.25) is 0 Å². The first-order valence-electron chi connectivity index (χ1n) is 25.4. The first-order valence-corrected chi connectivity index (χ1v) is 25.7. The molecule has 0 amide bonds. The number of nitrogens with zero attached hydrogens (tertiary/aromatic N) is 10. The Balaban J connectivity index is 0.000000145. The number of hydrogen-bond acceptors (Lipinski definition) is 15. The van der Waals surface area contributed by atoms with Crippen LogP contribution in [-0.2, 0) is 54.8 Å². The van der Waals surface area contributed by atoms with Crippen LogP contribution in [0.25, 0.3) is 66.1 Å². The molecule has 0 spiro atoms. The van der Waals surface area contributed by atoms with Crippen molar-refractivity contribution in [3.8, 4) is 33.8 Å². The molecule has 0 fully saturated rings. The molecular weight excluding hydrogens is 974 g/mol. The Morgan fingerprint density at radius 1 is 0.640 bits per heavy atom. The number of rotatable bonds is 12. The number of halogens is 1. The zero-order valence-corrected chi connectivity index (χ0v) is 45.5. The quantitative estimate of drug-likeness (QED) is 0.0966. The van der Waals surface area contributed by atoms with Crippen LogP contribution in [0.2, 0.25) is 5.15 Å². The van der Waals surface area contributed by atoms with Crippen molar-refractivity contribution in [1.82, 2.24) is 59.8 Å². The van der Waals surface area contributed by atoms with Crippen molar-refractivity contribution >= 4 is 61.3 Å². The number of benzene rings is 2. The highest BCUT2D eigenvalue weighted by Crippen LogP contribution is 2.43. The number of aromatic nitrogens is 12. The van der Waals surface area contributed by atoms with E-state index < -0.39 is 0 Å². The maximum atomic E-state index is 6.41. The van der Waals surface area contributed by atoms with E-state index in [2.05, 4.69) is 79.9 Å². The summed E-state index contributed by atoms with van der Waals surface area (Å²) in [5.74, 6) is 5.00. The average Bonchev–Trinajstić information content (AvgIpc) is 4.26. The predicted octanol–water partition coefficient (Wildman–Crippen LogP) is 11.1. The first kappa shape index (κ1) is 51.1. The van der Waals surface area contributed by atoms with E-state index in [0.717, 1.165) is 133 Å². The van der Waals surface area contributed by atoms with Crippen LogP contribution in [0.1, 0.15) is 121 Å². The van der Waals surface area contributed by atoms with Crippen LogP contribution in [0.4, 0.5) is 5.82 Å². The lowest BCUT2D eigenvalue weighted by molar-refractivity contribution is 0.178. The van der Waals surface area contributed by atoms with Crippen molar-refractivity contribution in [1.29, 1.82) is 0 Å². The second kappa shape index (κ2) is 20.8. The standard InChI is InChI=1S/C28H32N6O3.C18H17ClN4O3.C9H15N3/c1-14(2)34-23(17-8-7-9-20(17)32-34)12-22-27-18-11-24(36-6)19(26-15(3)33-37-16(26)4)10-21(18)30-28(27)31-25(29-22)13-35-5;1-8-15(9(2)26-23-8)11-5-12-10(6-13(11)25-4)16-17(19)21-14(7-24-3)22-18(16)20-12;1-6(2)12-9(10)7-4-3-5-8(7)11-12/h10-11,14H,7-9,12-13H2,1-6H3,(H,29,30,31);5-6H,7H2,1-4H3,(H,20,21,22);6H,3-5,10H2,1-2H3. The SMILES string of the molecule is CC(C)n1nc2c(c1N)CCC2.COCc1nc(Cc2c3c(nn2C(C)C)CCC3)c2c(n1)[nH]c1cc(-c3c(C)noc3C)c(OC)cc12.COCc1nc(Cl)c2c(n1)[nH]c1cc(-c3c(C)noc3C)c(OC)cc12. The second-order valence-electron chi connectivity index (χ2n) is 19.8. The molecule has 8 heterocycles. The molecule has 12 rings (SSSR count). The topological polar surface area (TPSA) is 234 Å². The van der Waals surface area contributed by atoms with Gasteiger partial charge in [-0.25, -0.2) is 24.6 Å². The molecule has 0 aliphatic heterocycles. The summed E-state index contributed by atoms with van der Waals surface area (Å²) < 4.78 is 36.9. The molecule has 4 N–H and O–H groups in total. The van der Waals surface area contributed by atoms with Crippen molar-refractivity contribution in [3.05, 3.63) is 97.9 Å². The summed E-state index contributed by atoms with van der Waals surface area (Å²) in [5, 5.41) is 21.7. The average molecular weight is 1040 g/mol. The Labute approximate surface area is 438 Å². The summed E-state index contributed by atoms with van der Waals surface area (Å²) >= 11 is 6.41. The number of aromatic amines is 2. The number of methoxy groups -OCH3 is 4. The molecular formula is C55H64ClN13O6. The Morgan fingerprint density at radius 2 is 1.13 bits per heavy atom. The van der Waals surface area contributed by atoms with E-state index in [1.807, 2.05) is 44.5 Å². The maximum absolute atomic E-state index is 6.41. The molecule has 10 aromatic rings. The van der Waals surface area contributed by atoms with Gasteiger partial charge in [-0.3, -0.25) is 4.68 Å². The zero-order chi connectivity index (χ0) is 53.0. The minimum Gasteiger partial charge on any atom is -0.496 e. The first-order chi connectivity index (χ1) is 36.1. The van der Waals surface area contributed by atoms with Gasteiger partial charge in [-0.15, -0.1) is 0 Å². The van der Waals surface area contributed by atoms with Gasteiger partial charge < -0.3 is 43.7 Å². The van der Waals surface area contributed by atoms with Gasteiger partial charge >= 0.3 is 0 Å². The molecule has 2 aliphatic rings. The smallest absolute Gasteiger partial charge is 0.158 e. The number of nitrogens with two attached hydrogens (primary N) is 1. The third-order valence-corrected chi connectivity index (χ3v) is 14.4. The van der Waals surface area contributed by atoms with Crippen LogP contribution >= 0.6 is 11.6 Å². The largest absolute Gasteiger partial charge is 0.496 e. The summed E-state index contributed by atoms with van der Waals surface area (Å²) in [6, 6.07) is 8.75. The van der Waals surface area contributed by atoms with Crippen molar-refractivity contribution in [2.45, 2.75) is 126 Å². The van der Waals surface area contributed by atoms with Gasteiger partial charge in [0.05, 0.1) is 59.2 Å². The van der Waals surface area contributed by atoms with Gasteiger partial charge in [-0.1, -0.05) is 21.9 Å². The molecule has 0 saturated heterocycles. The lowest BCUT2D eigenvalue weighted by Crippen LogP contribution is -2.11. The zero-order valence-electron chi connectivity index (χ0n) is 44.7. The molecule has 0 saturated carbocycles. The van der Waals surface area contributed by atoms with Gasteiger partial charge in [0.1, 0.15) is 58.5 Å². The third kappa shape index (κ3) is 9.35. The number of nitrogens with one attached hydrogen (secondary N) is 2. The summed E-state index contributed by atoms with van der Waals surface area (Å²) in [6.07, 6.45) is 7.40. The molecule has 75 heavy (non-hydrogen) atoms. The molecule has 0 bridgehead atoms. The monoisotopic (exact) mass is 1040 g/mol. The van der Waals surface area contributed by atoms with E-state index in [1.165, 1.54) is 34.6 Å². The third-order valence-electron chi connectivity index (χ3n) is 14.1. The van der Waals surface area contributed by atoms with Gasteiger partial charge in [0.15, 0.2) is 11.6 Å². The molecule has 0 atom stereocenters. The van der Waals surface area contributed by atoms with Crippen LogP contribution in [0.15, 0.2) is 33.3 Å². The number of fused-ring (bicyclic) bond motifs is 8. The highest BCUT2D eigenvalue weighted by Gasteiger charge is 2.27.